The van der Waals surface area contributed by atoms with Crippen LogP contribution < -0.4 is 0 Å². The molecule has 0 radical (unpaired) electrons. The Morgan fingerprint density at radius 2 is 0.671 bits per heavy atom. The Hall–Kier alpha value is -5.44. The molecular weight excluding hydrogens is 1150 g/mol. The summed E-state index contributed by atoms with van der Waals surface area (Å²) in [6, 6.07) is 24.4. The first-order chi connectivity index (χ1) is 33.6. The van der Waals surface area contributed by atoms with Crippen molar-refractivity contribution in [2.24, 2.45) is 0 Å². The normalized spacial score (nSPS) is 12.1. The van der Waals surface area contributed by atoms with Crippen LogP contribution >= 0.6 is 0 Å². The van der Waals surface area contributed by atoms with Gasteiger partial charge in [-0.15, -0.1) is 0 Å². The maximum atomic E-state index is 10.7. The summed E-state index contributed by atoms with van der Waals surface area (Å²) in [5.74, 6) is 0. The van der Waals surface area contributed by atoms with Crippen molar-refractivity contribution in [2.45, 2.75) is 155 Å². The van der Waals surface area contributed by atoms with E-state index in [9.17, 15) is 26.3 Å². The molecule has 426 valence electrons. The van der Waals surface area contributed by atoms with Crippen LogP contribution in [0, 0.1) is 22.7 Å². The van der Waals surface area contributed by atoms with Crippen LogP contribution in [-0.2, 0) is 88.9 Å². The SMILES string of the molecule is CC#N.CC#N.CC(C)(C)c1ccn(C(c2cccc(CCc3cccc(C(n4ccc(C(C)(C)C)n4)n4ccc(C(C)(C)C)n4)n3)n2)n2ccc(C(C)(C)C)n2)n1.O=S(=O)([O-])C(F)(F)F.O=S(=O)([O-])C(F)(F)F.[Cu+].[Cu+]. The van der Waals surface area contributed by atoms with Gasteiger partial charge in [0.05, 0.1) is 46.3 Å². The van der Waals surface area contributed by atoms with Gasteiger partial charge in [-0.25, -0.2) is 35.6 Å². The molecule has 6 heterocycles. The Labute approximate surface area is 461 Å². The van der Waals surface area contributed by atoms with E-state index in [0.29, 0.717) is 0 Å². The molecule has 6 aromatic rings. The summed E-state index contributed by atoms with van der Waals surface area (Å²) < 4.78 is 126. The van der Waals surface area contributed by atoms with Gasteiger partial charge in [0.1, 0.15) is 0 Å². The fourth-order valence-electron chi connectivity index (χ4n) is 6.10. The second kappa shape index (κ2) is 27.7. The molecule has 0 aliphatic rings. The average molecular weight is 1210 g/mol. The number of hydrogen-bond donors (Lipinski definition) is 0. The predicted octanol–water partition coefficient (Wildman–Crippen LogP) is 9.59. The predicted molar refractivity (Wildman–Crippen MR) is 261 cm³/mol. The van der Waals surface area contributed by atoms with E-state index in [0.717, 1.165) is 58.4 Å². The van der Waals surface area contributed by atoms with E-state index in [-0.39, 0.29) is 68.1 Å². The van der Waals surface area contributed by atoms with Crippen molar-refractivity contribution in [3.63, 3.8) is 0 Å². The third-order valence-electron chi connectivity index (χ3n) is 9.90. The van der Waals surface area contributed by atoms with Gasteiger partial charge in [0, 0.05) is 71.7 Å². The zero-order valence-corrected chi connectivity index (χ0v) is 47.7. The molecule has 76 heavy (non-hydrogen) atoms. The summed E-state index contributed by atoms with van der Waals surface area (Å²) >= 11 is 0. The number of hydrogen-bond acceptors (Lipinski definition) is 14. The third-order valence-corrected chi connectivity index (χ3v) is 11.0. The van der Waals surface area contributed by atoms with Crippen LogP contribution in [0.25, 0.3) is 0 Å². The maximum Gasteiger partial charge on any atom is 1.00 e. The zero-order chi connectivity index (χ0) is 57.1. The smallest absolute Gasteiger partial charge is 0.741 e. The van der Waals surface area contributed by atoms with Gasteiger partial charge in [-0.3, -0.25) is 9.97 Å². The molecule has 0 atom stereocenters. The number of aryl methyl sites for hydroxylation is 2. The molecule has 18 nitrogen and oxygen atoms in total. The van der Waals surface area contributed by atoms with Gasteiger partial charge >= 0.3 is 45.2 Å². The first-order valence-corrected chi connectivity index (χ1v) is 25.2. The van der Waals surface area contributed by atoms with E-state index in [1.54, 1.807) is 12.1 Å². The second-order valence-corrected chi connectivity index (χ2v) is 23.1. The molecule has 0 spiro atoms. The van der Waals surface area contributed by atoms with E-state index >= 15 is 0 Å². The molecule has 0 aliphatic carbocycles. The molecule has 6 rings (SSSR count). The van der Waals surface area contributed by atoms with Crippen LogP contribution in [0.4, 0.5) is 26.3 Å². The Morgan fingerprint density at radius 1 is 0.474 bits per heavy atom. The molecule has 0 fully saturated rings. The van der Waals surface area contributed by atoms with Crippen LogP contribution in [0.15, 0.2) is 85.5 Å². The van der Waals surface area contributed by atoms with Crippen LogP contribution in [0.2, 0.25) is 0 Å². The largest absolute Gasteiger partial charge is 1.00 e. The van der Waals surface area contributed by atoms with Gasteiger partial charge < -0.3 is 9.11 Å². The Morgan fingerprint density at radius 3 is 0.829 bits per heavy atom. The van der Waals surface area contributed by atoms with Crippen LogP contribution in [0.5, 0.6) is 0 Å². The van der Waals surface area contributed by atoms with E-state index in [1.807, 2.05) is 43.5 Å². The molecule has 0 saturated carbocycles. The van der Waals surface area contributed by atoms with Crippen molar-refractivity contribution in [3.05, 3.63) is 131 Å². The molecule has 0 amide bonds. The van der Waals surface area contributed by atoms with Gasteiger partial charge in [-0.05, 0) is 61.4 Å². The summed E-state index contributed by atoms with van der Waals surface area (Å²) in [7, 11) is -12.2. The van der Waals surface area contributed by atoms with E-state index in [1.165, 1.54) is 13.8 Å². The third kappa shape index (κ3) is 21.2. The monoisotopic (exact) mass is 1210 g/mol. The Kier molecular flexibility index (Phi) is 25.8. The topological polar surface area (TPSA) is 259 Å². The quantitative estimate of drug-likeness (QED) is 0.0565. The van der Waals surface area contributed by atoms with E-state index in [4.69, 9.17) is 66.8 Å². The minimum atomic E-state index is -6.09. The fourth-order valence-corrected chi connectivity index (χ4v) is 6.10. The van der Waals surface area contributed by atoms with Crippen molar-refractivity contribution in [1.82, 2.24) is 49.1 Å². The van der Waals surface area contributed by atoms with Crippen molar-refractivity contribution >= 4 is 20.2 Å². The van der Waals surface area contributed by atoms with Crippen molar-refractivity contribution in [3.8, 4) is 12.1 Å². The number of nitriles is 2. The van der Waals surface area contributed by atoms with Gasteiger partial charge in [-0.1, -0.05) is 95.2 Å². The molecule has 0 unspecified atom stereocenters. The minimum Gasteiger partial charge on any atom is -0.741 e. The number of pyridine rings is 2. The van der Waals surface area contributed by atoms with Gasteiger partial charge in [0.25, 0.3) is 0 Å². The van der Waals surface area contributed by atoms with Crippen molar-refractivity contribution < 1.29 is 86.4 Å². The van der Waals surface area contributed by atoms with Gasteiger partial charge in [0.2, 0.25) is 0 Å². The Bertz CT molecular complexity index is 2770. The molecule has 0 aromatic carbocycles. The van der Waals surface area contributed by atoms with Crippen LogP contribution in [0.1, 0.15) is 155 Å². The second-order valence-electron chi connectivity index (χ2n) is 20.3. The summed E-state index contributed by atoms with van der Waals surface area (Å²) in [5, 5.41) is 34.7. The molecule has 0 saturated heterocycles. The molecular formula is C48H62Cu2F6N12O6S2. The van der Waals surface area contributed by atoms with Crippen LogP contribution in [-0.4, -0.2) is 86.0 Å². The van der Waals surface area contributed by atoms with E-state index in [2.05, 4.69) is 144 Å². The molecule has 0 bridgehead atoms. The summed E-state index contributed by atoms with van der Waals surface area (Å²) in [5.41, 5.74) is -3.77. The number of alkyl halides is 6. The zero-order valence-electron chi connectivity index (χ0n) is 44.2. The minimum absolute atomic E-state index is 0. The summed E-state index contributed by atoms with van der Waals surface area (Å²) in [6.07, 6.45) is 8.96. The summed E-state index contributed by atoms with van der Waals surface area (Å²) in [4.78, 5) is 10.4. The number of aromatic nitrogens is 10. The fraction of sp³-hybridized carbons (Fsp3) is 0.500. The standard InChI is InChI=1S/C42H56N10.2C2H3N.2CHF3O3S.2Cu/c1-39(2,3)33-21-25-49(45-33)37(50-26-22-34(46-50)40(4,5)6)31-17-13-15-29(43-31)19-20-30-16-14-18-32(44-30)38(51-27-23-35(47-51)41(7,8)9)52-28-24-36(48-52)42(10,11)12;2*1-2-3;2*2-1(3,4)8(5,6)7;;/h13-18,21-28,37-38H,19-20H2,1-12H3;2*1H3;2*(H,5,6,7);;/q;;;;;2*+1/p-2. The first kappa shape index (κ1) is 70.6. The number of nitrogens with zero attached hydrogens (tertiary/aromatic N) is 12. The van der Waals surface area contributed by atoms with Gasteiger partial charge in [-0.2, -0.15) is 57.3 Å². The van der Waals surface area contributed by atoms with Gasteiger partial charge in [0.15, 0.2) is 32.6 Å². The molecule has 6 aromatic heterocycles. The van der Waals surface area contributed by atoms with Crippen molar-refractivity contribution in [1.29, 1.82) is 10.5 Å². The first-order valence-electron chi connectivity index (χ1n) is 22.4. The Balaban J connectivity index is 0.00000198. The summed E-state index contributed by atoms with van der Waals surface area (Å²) in [6.45, 7) is 29.0. The number of halogens is 6. The maximum absolute atomic E-state index is 10.7. The molecule has 28 heteroatoms. The molecule has 0 aliphatic heterocycles. The van der Waals surface area contributed by atoms with Crippen LogP contribution in [0.3, 0.4) is 0 Å². The molecule has 0 N–H and O–H groups in total. The number of rotatable bonds is 9. The average Bonchev–Trinajstić information content (AvgIpc) is 4.08. The van der Waals surface area contributed by atoms with Crippen molar-refractivity contribution in [2.75, 3.05) is 0 Å². The van der Waals surface area contributed by atoms with E-state index < -0.39 is 31.3 Å².